The first-order valence-corrected chi connectivity index (χ1v) is 12.1. The highest BCUT2D eigenvalue weighted by molar-refractivity contribution is 6.32. The van der Waals surface area contributed by atoms with Crippen LogP contribution in [0, 0.1) is 0 Å². The zero-order valence-corrected chi connectivity index (χ0v) is 20.7. The summed E-state index contributed by atoms with van der Waals surface area (Å²) in [5.41, 5.74) is 1.24. The highest BCUT2D eigenvalue weighted by Crippen LogP contribution is 2.30. The third-order valence-electron chi connectivity index (χ3n) is 6.05. The quantitative estimate of drug-likeness (QED) is 0.340. The summed E-state index contributed by atoms with van der Waals surface area (Å²) >= 11 is 12.1. The molecule has 0 radical (unpaired) electrons. The zero-order chi connectivity index (χ0) is 25.7. The number of alkyl halides is 3. The molecular formula is C26H24Cl2F3N3O2. The number of nitrogens with zero attached hydrogens (tertiary/aromatic N) is 3. The van der Waals surface area contributed by atoms with E-state index in [1.54, 1.807) is 35.4 Å². The number of halogens is 5. The number of ether oxygens (including phenoxy) is 1. The zero-order valence-electron chi connectivity index (χ0n) is 19.2. The van der Waals surface area contributed by atoms with Crippen molar-refractivity contribution in [3.8, 4) is 0 Å². The molecule has 1 atom stereocenters. The van der Waals surface area contributed by atoms with E-state index in [-0.39, 0.29) is 23.8 Å². The number of carbonyl (C=O) groups excluding carboxylic acids is 1. The van der Waals surface area contributed by atoms with Crippen LogP contribution >= 0.6 is 23.2 Å². The van der Waals surface area contributed by atoms with Crippen molar-refractivity contribution in [3.05, 3.63) is 99.3 Å². The molecule has 0 saturated carbocycles. The Morgan fingerprint density at radius 2 is 1.64 bits per heavy atom. The molecule has 0 N–H and O–H groups in total. The average Bonchev–Trinajstić information content (AvgIpc) is 2.87. The van der Waals surface area contributed by atoms with Gasteiger partial charge < -0.3 is 9.64 Å². The summed E-state index contributed by atoms with van der Waals surface area (Å²) in [5, 5.41) is 0.783. The molecule has 1 amide bonds. The Bertz CT molecular complexity index is 1170. The Kier molecular flexibility index (Phi) is 8.51. The molecule has 0 bridgehead atoms. The van der Waals surface area contributed by atoms with Gasteiger partial charge in [0.15, 0.2) is 0 Å². The maximum absolute atomic E-state index is 12.9. The maximum Gasteiger partial charge on any atom is 0.416 e. The predicted octanol–water partition coefficient (Wildman–Crippen LogP) is 6.12. The van der Waals surface area contributed by atoms with Crippen LogP contribution in [-0.4, -0.2) is 53.4 Å². The van der Waals surface area contributed by atoms with Gasteiger partial charge in [-0.3, -0.25) is 9.69 Å². The first-order chi connectivity index (χ1) is 17.2. The summed E-state index contributed by atoms with van der Waals surface area (Å²) in [7, 11) is 0. The Labute approximate surface area is 217 Å². The van der Waals surface area contributed by atoms with Gasteiger partial charge in [-0.05, 0) is 47.5 Å². The molecule has 0 unspecified atom stereocenters. The van der Waals surface area contributed by atoms with Gasteiger partial charge in [-0.25, -0.2) is 4.98 Å². The van der Waals surface area contributed by atoms with Gasteiger partial charge in [0.25, 0.3) is 5.91 Å². The minimum Gasteiger partial charge on any atom is -0.368 e. The monoisotopic (exact) mass is 537 g/mol. The number of hydrogen-bond donors (Lipinski definition) is 0. The molecule has 0 spiro atoms. The minimum atomic E-state index is -4.38. The summed E-state index contributed by atoms with van der Waals surface area (Å²) in [6, 6.07) is 15.6. The largest absolute Gasteiger partial charge is 0.416 e. The molecule has 3 aromatic rings. The first kappa shape index (κ1) is 26.4. The normalized spacial score (nSPS) is 15.6. The molecule has 0 aliphatic carbocycles. The van der Waals surface area contributed by atoms with Crippen molar-refractivity contribution in [2.24, 2.45) is 0 Å². The second kappa shape index (κ2) is 11.6. The van der Waals surface area contributed by atoms with E-state index in [4.69, 9.17) is 27.9 Å². The highest BCUT2D eigenvalue weighted by Gasteiger charge is 2.30. The van der Waals surface area contributed by atoms with Crippen molar-refractivity contribution in [3.63, 3.8) is 0 Å². The van der Waals surface area contributed by atoms with Gasteiger partial charge in [-0.15, -0.1) is 0 Å². The Hall–Kier alpha value is -2.65. The van der Waals surface area contributed by atoms with E-state index in [2.05, 4.69) is 9.88 Å². The number of pyridine rings is 1. The van der Waals surface area contributed by atoms with Crippen molar-refractivity contribution in [2.75, 3.05) is 32.7 Å². The topological polar surface area (TPSA) is 45.7 Å². The van der Waals surface area contributed by atoms with Crippen LogP contribution in [0.25, 0.3) is 0 Å². The molecule has 190 valence electrons. The number of amides is 1. The van der Waals surface area contributed by atoms with Crippen LogP contribution in [0.3, 0.4) is 0 Å². The van der Waals surface area contributed by atoms with Crippen molar-refractivity contribution in [1.29, 1.82) is 0 Å². The van der Waals surface area contributed by atoms with Crippen LogP contribution in [0.5, 0.6) is 0 Å². The molecule has 10 heteroatoms. The lowest BCUT2D eigenvalue weighted by Gasteiger charge is -2.36. The van der Waals surface area contributed by atoms with Crippen molar-refractivity contribution in [2.45, 2.75) is 18.9 Å². The van der Waals surface area contributed by atoms with E-state index in [1.165, 1.54) is 12.1 Å². The van der Waals surface area contributed by atoms with Gasteiger partial charge in [-0.1, -0.05) is 47.5 Å². The molecule has 1 aliphatic rings. The van der Waals surface area contributed by atoms with E-state index >= 15 is 0 Å². The van der Waals surface area contributed by atoms with Crippen molar-refractivity contribution >= 4 is 29.1 Å². The summed E-state index contributed by atoms with van der Waals surface area (Å²) in [4.78, 5) is 20.7. The highest BCUT2D eigenvalue weighted by atomic mass is 35.5. The number of carbonyl (C=O) groups is 1. The number of piperazine rings is 1. The standard InChI is InChI=1S/C26H24Cl2F3N3O2/c27-21-9-5-19(6-10-21)23(36-17-18-3-7-20(8-4-18)26(29,30)31)16-33-12-14-34(15-13-33)25(35)22-2-1-11-32-24(22)28/h1-11,23H,12-17H2/t23-/m1/s1. The molecule has 1 saturated heterocycles. The molecule has 4 rings (SSSR count). The van der Waals surface area contributed by atoms with Gasteiger partial charge in [-0.2, -0.15) is 13.2 Å². The number of benzene rings is 2. The summed E-state index contributed by atoms with van der Waals surface area (Å²) in [6.07, 6.45) is -3.17. The van der Waals surface area contributed by atoms with E-state index < -0.39 is 11.7 Å². The van der Waals surface area contributed by atoms with Crippen LogP contribution in [0.2, 0.25) is 10.2 Å². The first-order valence-electron chi connectivity index (χ1n) is 11.4. The predicted molar refractivity (Wildman–Crippen MR) is 132 cm³/mol. The van der Waals surface area contributed by atoms with E-state index in [1.807, 2.05) is 12.1 Å². The van der Waals surface area contributed by atoms with Gasteiger partial charge in [0.1, 0.15) is 5.15 Å². The van der Waals surface area contributed by atoms with Crippen molar-refractivity contribution in [1.82, 2.24) is 14.8 Å². The van der Waals surface area contributed by atoms with Gasteiger partial charge in [0, 0.05) is 43.9 Å². The van der Waals surface area contributed by atoms with Gasteiger partial charge in [0.2, 0.25) is 0 Å². The number of aromatic nitrogens is 1. The molecule has 36 heavy (non-hydrogen) atoms. The lowest BCUT2D eigenvalue weighted by atomic mass is 10.1. The fraction of sp³-hybridized carbons (Fsp3) is 0.308. The number of rotatable bonds is 7. The summed E-state index contributed by atoms with van der Waals surface area (Å²) in [5.74, 6) is -0.152. The average molecular weight is 538 g/mol. The number of hydrogen-bond acceptors (Lipinski definition) is 4. The molecule has 2 aromatic carbocycles. The summed E-state index contributed by atoms with van der Waals surface area (Å²) < 4.78 is 44.7. The minimum absolute atomic E-state index is 0.152. The fourth-order valence-electron chi connectivity index (χ4n) is 4.00. The maximum atomic E-state index is 12.9. The Morgan fingerprint density at radius 3 is 2.25 bits per heavy atom. The second-order valence-electron chi connectivity index (χ2n) is 8.48. The Balaban J connectivity index is 1.39. The van der Waals surface area contributed by atoms with Crippen molar-refractivity contribution < 1.29 is 22.7 Å². The van der Waals surface area contributed by atoms with E-state index in [9.17, 15) is 18.0 Å². The van der Waals surface area contributed by atoms with E-state index in [0.717, 1.165) is 17.7 Å². The van der Waals surface area contributed by atoms with Crippen LogP contribution in [0.4, 0.5) is 13.2 Å². The van der Waals surface area contributed by atoms with E-state index in [0.29, 0.717) is 48.9 Å². The van der Waals surface area contributed by atoms with Crippen LogP contribution in [0.15, 0.2) is 66.9 Å². The lowest BCUT2D eigenvalue weighted by molar-refractivity contribution is -0.137. The molecule has 5 nitrogen and oxygen atoms in total. The van der Waals surface area contributed by atoms with Crippen LogP contribution in [-0.2, 0) is 17.5 Å². The van der Waals surface area contributed by atoms with Gasteiger partial charge in [0.05, 0.1) is 23.8 Å². The molecule has 2 heterocycles. The van der Waals surface area contributed by atoms with Crippen LogP contribution in [0.1, 0.15) is 33.2 Å². The second-order valence-corrected chi connectivity index (χ2v) is 9.27. The third-order valence-corrected chi connectivity index (χ3v) is 6.60. The Morgan fingerprint density at radius 1 is 0.972 bits per heavy atom. The smallest absolute Gasteiger partial charge is 0.368 e. The fourth-order valence-corrected chi connectivity index (χ4v) is 4.33. The third kappa shape index (κ3) is 6.76. The van der Waals surface area contributed by atoms with Crippen LogP contribution < -0.4 is 0 Å². The molecule has 1 aliphatic heterocycles. The molecule has 1 aromatic heterocycles. The lowest BCUT2D eigenvalue weighted by Crippen LogP contribution is -2.49. The molecular weight excluding hydrogens is 514 g/mol. The SMILES string of the molecule is O=C(c1cccnc1Cl)N1CCN(C[C@@H](OCc2ccc(C(F)(F)F)cc2)c2ccc(Cl)cc2)CC1. The summed E-state index contributed by atoms with van der Waals surface area (Å²) in [6.45, 7) is 3.03. The molecule has 1 fully saturated rings. The van der Waals surface area contributed by atoms with Gasteiger partial charge >= 0.3 is 6.18 Å².